The van der Waals surface area contributed by atoms with Crippen molar-refractivity contribution in [3.63, 3.8) is 0 Å². The lowest BCUT2D eigenvalue weighted by molar-refractivity contribution is -0.116. The molecule has 0 bridgehead atoms. The Labute approximate surface area is 203 Å². The van der Waals surface area contributed by atoms with Gasteiger partial charge in [0.15, 0.2) is 5.78 Å². The number of nitrogens with zero attached hydrogens (tertiary/aromatic N) is 3. The molecule has 0 saturated carbocycles. The second-order valence-electron chi connectivity index (χ2n) is 8.34. The van der Waals surface area contributed by atoms with Crippen LogP contribution >= 0.6 is 38.6 Å². The van der Waals surface area contributed by atoms with Gasteiger partial charge in [0.25, 0.3) is 0 Å². The molecule has 0 fully saturated rings. The van der Waals surface area contributed by atoms with Crippen LogP contribution in [0.15, 0.2) is 38.6 Å². The van der Waals surface area contributed by atoms with Crippen LogP contribution in [-0.4, -0.2) is 5.78 Å². The van der Waals surface area contributed by atoms with Crippen LogP contribution < -0.4 is 10.6 Å². The van der Waals surface area contributed by atoms with Crippen molar-refractivity contribution in [2.24, 2.45) is 5.73 Å². The minimum Gasteiger partial charge on any atom is -0.384 e. The van der Waals surface area contributed by atoms with Gasteiger partial charge in [0, 0.05) is 37.3 Å². The summed E-state index contributed by atoms with van der Waals surface area (Å²) in [6.07, 6.45) is 7.16. The van der Waals surface area contributed by atoms with Crippen LogP contribution in [0.5, 0.6) is 0 Å². The highest BCUT2D eigenvalue weighted by molar-refractivity contribution is 9.10. The third-order valence-corrected chi connectivity index (χ3v) is 9.54. The summed E-state index contributed by atoms with van der Waals surface area (Å²) in [7, 11) is 0. The maximum atomic E-state index is 13.2. The summed E-state index contributed by atoms with van der Waals surface area (Å²) in [6, 6.07) is 6.71. The van der Waals surface area contributed by atoms with Crippen LogP contribution in [0.1, 0.15) is 65.3 Å². The average molecular weight is 525 g/mol. The minimum absolute atomic E-state index is 0.0719. The number of carbonyl (C=O) groups excluding carboxylic acids is 1. The van der Waals surface area contributed by atoms with E-state index in [9.17, 15) is 15.3 Å². The number of hydrogen-bond acceptors (Lipinski definition) is 7. The van der Waals surface area contributed by atoms with Gasteiger partial charge >= 0.3 is 0 Å². The van der Waals surface area contributed by atoms with Crippen LogP contribution in [0, 0.1) is 22.7 Å². The summed E-state index contributed by atoms with van der Waals surface area (Å²) in [5.41, 5.74) is 10.4. The second-order valence-corrected chi connectivity index (χ2v) is 11.3. The van der Waals surface area contributed by atoms with E-state index < -0.39 is 5.92 Å². The van der Waals surface area contributed by atoms with Crippen molar-refractivity contribution in [3.8, 4) is 12.1 Å². The molecule has 1 aliphatic heterocycles. The Hall–Kier alpha value is -2.39. The van der Waals surface area contributed by atoms with Gasteiger partial charge in [0.1, 0.15) is 16.9 Å². The smallest absolute Gasteiger partial charge is 0.161 e. The van der Waals surface area contributed by atoms with Gasteiger partial charge in [-0.3, -0.25) is 9.69 Å². The lowest BCUT2D eigenvalue weighted by Crippen LogP contribution is -2.38. The summed E-state index contributed by atoms with van der Waals surface area (Å²) in [5.74, 6) is -0.0234. The highest BCUT2D eigenvalue weighted by Gasteiger charge is 2.42. The van der Waals surface area contributed by atoms with E-state index in [2.05, 4.69) is 28.1 Å². The van der Waals surface area contributed by atoms with Crippen molar-refractivity contribution in [2.75, 3.05) is 4.90 Å². The van der Waals surface area contributed by atoms with E-state index in [1.165, 1.54) is 22.6 Å². The largest absolute Gasteiger partial charge is 0.384 e. The van der Waals surface area contributed by atoms with E-state index in [0.29, 0.717) is 35.4 Å². The Balaban J connectivity index is 1.75. The maximum absolute atomic E-state index is 13.2. The van der Waals surface area contributed by atoms with Crippen molar-refractivity contribution < 1.29 is 4.79 Å². The topological polar surface area (TPSA) is 93.9 Å². The van der Waals surface area contributed by atoms with Crippen LogP contribution in [0.3, 0.4) is 0 Å². The Morgan fingerprint density at radius 1 is 1.09 bits per heavy atom. The van der Waals surface area contributed by atoms with Gasteiger partial charge in [-0.15, -0.1) is 22.7 Å². The number of Topliss-reactive ketones (excluding diaryl/α,β-unsaturated/α-hetero) is 1. The van der Waals surface area contributed by atoms with Crippen molar-refractivity contribution >= 4 is 49.4 Å². The molecule has 3 aliphatic rings. The van der Waals surface area contributed by atoms with Gasteiger partial charge < -0.3 is 5.73 Å². The zero-order valence-corrected chi connectivity index (χ0v) is 20.6. The zero-order chi connectivity index (χ0) is 22.4. The molecule has 0 radical (unpaired) electrons. The summed E-state index contributed by atoms with van der Waals surface area (Å²) in [6.45, 7) is 0. The highest BCUT2D eigenvalue weighted by Crippen LogP contribution is 2.50. The van der Waals surface area contributed by atoms with Crippen LogP contribution in [0.2, 0.25) is 0 Å². The SMILES string of the molecule is N#CC1=C(N)N(c2sc3c(c2C#N)CCCCC3)C2=C(C(=O)CCC2)C1c1cc(Br)cs1. The number of fused-ring (bicyclic) bond motifs is 1. The molecule has 32 heavy (non-hydrogen) atoms. The van der Waals surface area contributed by atoms with Gasteiger partial charge in [0.2, 0.25) is 0 Å². The first-order valence-electron chi connectivity index (χ1n) is 10.8. The van der Waals surface area contributed by atoms with Crippen molar-refractivity contribution in [1.29, 1.82) is 10.5 Å². The fourth-order valence-electron chi connectivity index (χ4n) is 5.08. The molecule has 0 spiro atoms. The molecule has 8 heteroatoms. The van der Waals surface area contributed by atoms with Gasteiger partial charge in [-0.2, -0.15) is 10.5 Å². The van der Waals surface area contributed by atoms with E-state index in [-0.39, 0.29) is 5.78 Å². The average Bonchev–Trinajstić information content (AvgIpc) is 3.28. The van der Waals surface area contributed by atoms with Gasteiger partial charge in [-0.1, -0.05) is 6.42 Å². The van der Waals surface area contributed by atoms with Crippen LogP contribution in [0.4, 0.5) is 5.00 Å². The molecule has 2 aromatic rings. The number of anilines is 1. The molecule has 3 heterocycles. The molecular weight excluding hydrogens is 504 g/mol. The first-order valence-corrected chi connectivity index (χ1v) is 13.3. The zero-order valence-electron chi connectivity index (χ0n) is 17.4. The van der Waals surface area contributed by atoms with E-state index in [1.54, 1.807) is 11.3 Å². The van der Waals surface area contributed by atoms with Crippen molar-refractivity contribution in [2.45, 2.75) is 57.3 Å². The maximum Gasteiger partial charge on any atom is 0.161 e. The third kappa shape index (κ3) is 3.33. The number of halogens is 1. The number of aryl methyl sites for hydroxylation is 1. The highest BCUT2D eigenvalue weighted by atomic mass is 79.9. The number of ketones is 1. The number of nitriles is 2. The second kappa shape index (κ2) is 8.51. The number of hydrogen-bond donors (Lipinski definition) is 1. The lowest BCUT2D eigenvalue weighted by atomic mass is 9.78. The molecule has 2 N–H and O–H groups in total. The van der Waals surface area contributed by atoms with Crippen LogP contribution in [0.25, 0.3) is 0 Å². The molecule has 0 amide bonds. The van der Waals surface area contributed by atoms with Gasteiger partial charge in [-0.05, 0) is 66.1 Å². The minimum atomic E-state index is -0.446. The van der Waals surface area contributed by atoms with Crippen molar-refractivity contribution in [3.05, 3.63) is 59.5 Å². The Bertz CT molecular complexity index is 1270. The molecular formula is C24H21BrN4OS2. The van der Waals surface area contributed by atoms with E-state index in [1.807, 2.05) is 16.3 Å². The number of allylic oxidation sites excluding steroid dienone is 3. The van der Waals surface area contributed by atoms with Gasteiger partial charge in [-0.25, -0.2) is 0 Å². The van der Waals surface area contributed by atoms with E-state index >= 15 is 0 Å². The first-order chi connectivity index (χ1) is 15.5. The quantitative estimate of drug-likeness (QED) is 0.484. The molecule has 2 aromatic heterocycles. The van der Waals surface area contributed by atoms with Crippen LogP contribution in [-0.2, 0) is 17.6 Å². The third-order valence-electron chi connectivity index (χ3n) is 6.50. The van der Waals surface area contributed by atoms with Crippen molar-refractivity contribution in [1.82, 2.24) is 0 Å². The molecule has 0 aromatic carbocycles. The summed E-state index contributed by atoms with van der Waals surface area (Å²) in [4.78, 5) is 17.3. The molecule has 1 atom stereocenters. The fourth-order valence-corrected chi connectivity index (χ4v) is 8.02. The fraction of sp³-hybridized carbons (Fsp3) is 0.375. The monoisotopic (exact) mass is 524 g/mol. The summed E-state index contributed by atoms with van der Waals surface area (Å²) < 4.78 is 0.926. The number of rotatable bonds is 2. The Kier molecular flexibility index (Phi) is 5.71. The molecule has 5 nitrogen and oxygen atoms in total. The Morgan fingerprint density at radius 2 is 1.91 bits per heavy atom. The summed E-state index contributed by atoms with van der Waals surface area (Å²) >= 11 is 6.63. The standard InChI is InChI=1S/C24H21BrN4OS2/c25-13-9-20(31-12-13)21-16(11-27)23(28)29(17-6-4-7-18(30)22(17)21)24-15(10-26)14-5-2-1-3-8-19(14)32-24/h9,12,21H,1-8,28H2. The number of thiophene rings is 2. The predicted octanol–water partition coefficient (Wildman–Crippen LogP) is 6.02. The normalized spacial score (nSPS) is 21.0. The molecule has 5 rings (SSSR count). The molecule has 162 valence electrons. The van der Waals surface area contributed by atoms with Gasteiger partial charge in [0.05, 0.1) is 23.1 Å². The Morgan fingerprint density at radius 3 is 2.62 bits per heavy atom. The predicted molar refractivity (Wildman–Crippen MR) is 130 cm³/mol. The van der Waals surface area contributed by atoms with E-state index in [0.717, 1.165) is 57.7 Å². The number of nitrogens with two attached hydrogens (primary N) is 1. The molecule has 0 saturated heterocycles. The summed E-state index contributed by atoms with van der Waals surface area (Å²) in [5, 5.41) is 23.0. The van der Waals surface area contributed by atoms with E-state index in [4.69, 9.17) is 5.73 Å². The first kappa shape index (κ1) is 21.5. The molecule has 1 unspecified atom stereocenters. The number of carbonyl (C=O) groups is 1. The molecule has 2 aliphatic carbocycles. The lowest BCUT2D eigenvalue weighted by Gasteiger charge is -2.38.